The molecule has 4 heteroatoms. The van der Waals surface area contributed by atoms with Gasteiger partial charge < -0.3 is 4.74 Å². The van der Waals surface area contributed by atoms with Crippen LogP contribution in [0.5, 0.6) is 0 Å². The Balaban J connectivity index is 1.97. The molecule has 4 nitrogen and oxygen atoms in total. The molecule has 1 amide bonds. The number of nitrogens with one attached hydrogen (secondary N) is 2. The highest BCUT2D eigenvalue weighted by atomic mass is 16.5. The lowest BCUT2D eigenvalue weighted by Crippen LogP contribution is -3.20. The molecule has 0 aromatic heterocycles. The molecule has 0 unspecified atom stereocenters. The molecule has 1 fully saturated rings. The molecule has 2 N–H and O–H groups in total. The summed E-state index contributed by atoms with van der Waals surface area (Å²) in [6.07, 6.45) is 0. The maximum absolute atomic E-state index is 11.9. The third kappa shape index (κ3) is 2.81. The number of quaternary nitrogens is 1. The molecule has 16 heavy (non-hydrogen) atoms. The molecule has 1 aliphatic heterocycles. The van der Waals surface area contributed by atoms with Gasteiger partial charge in [0.05, 0.1) is 13.2 Å². The zero-order valence-electron chi connectivity index (χ0n) is 9.45. The van der Waals surface area contributed by atoms with Crippen LogP contribution >= 0.6 is 0 Å². The van der Waals surface area contributed by atoms with Crippen molar-refractivity contribution in [1.82, 2.24) is 5.43 Å². The summed E-state index contributed by atoms with van der Waals surface area (Å²) < 4.78 is 5.23. The maximum Gasteiger partial charge on any atom is 0.295 e. The fraction of sp³-hybridized carbons (Fsp3) is 0.417. The summed E-state index contributed by atoms with van der Waals surface area (Å²) in [5.74, 6) is -0.0133. The molecule has 2 rings (SSSR count). The van der Waals surface area contributed by atoms with Crippen molar-refractivity contribution in [2.45, 2.75) is 6.92 Å². The molecule has 1 heterocycles. The van der Waals surface area contributed by atoms with E-state index in [1.807, 2.05) is 31.2 Å². The number of carbonyl (C=O) groups excluding carboxylic acids is 1. The maximum atomic E-state index is 11.9. The van der Waals surface area contributed by atoms with E-state index in [1.54, 1.807) is 0 Å². The Bertz CT molecular complexity index is 373. The number of amides is 1. The van der Waals surface area contributed by atoms with E-state index in [-0.39, 0.29) is 5.91 Å². The van der Waals surface area contributed by atoms with Gasteiger partial charge in [-0.25, -0.2) is 5.01 Å². The molecular formula is C12H17N2O2+. The molecule has 0 aliphatic carbocycles. The van der Waals surface area contributed by atoms with Gasteiger partial charge in [-0.15, -0.1) is 0 Å². The van der Waals surface area contributed by atoms with E-state index < -0.39 is 0 Å². The first-order valence-electron chi connectivity index (χ1n) is 5.56. The topological polar surface area (TPSA) is 42.8 Å². The Hall–Kier alpha value is -1.39. The van der Waals surface area contributed by atoms with Crippen LogP contribution in [-0.4, -0.2) is 32.2 Å². The van der Waals surface area contributed by atoms with Gasteiger partial charge in [0.1, 0.15) is 13.1 Å². The highest BCUT2D eigenvalue weighted by Gasteiger charge is 2.17. The minimum atomic E-state index is -0.0133. The SMILES string of the molecule is Cc1cccc(C(=O)N[NH+]2CCOCC2)c1. The molecular weight excluding hydrogens is 204 g/mol. The molecule has 0 bridgehead atoms. The first-order chi connectivity index (χ1) is 7.75. The lowest BCUT2D eigenvalue weighted by atomic mass is 10.1. The van der Waals surface area contributed by atoms with Crippen LogP contribution in [-0.2, 0) is 4.74 Å². The second-order valence-corrected chi connectivity index (χ2v) is 4.04. The van der Waals surface area contributed by atoms with Crippen molar-refractivity contribution in [2.24, 2.45) is 0 Å². The zero-order valence-corrected chi connectivity index (χ0v) is 9.45. The van der Waals surface area contributed by atoms with Gasteiger partial charge in [-0.3, -0.25) is 4.79 Å². The van der Waals surface area contributed by atoms with Gasteiger partial charge >= 0.3 is 0 Å². The Morgan fingerprint density at radius 3 is 2.81 bits per heavy atom. The molecule has 0 spiro atoms. The Morgan fingerprint density at radius 1 is 1.38 bits per heavy atom. The summed E-state index contributed by atoms with van der Waals surface area (Å²) >= 11 is 0. The second kappa shape index (κ2) is 5.09. The fourth-order valence-corrected chi connectivity index (χ4v) is 1.76. The zero-order chi connectivity index (χ0) is 11.4. The quantitative estimate of drug-likeness (QED) is 0.710. The molecule has 1 aromatic carbocycles. The van der Waals surface area contributed by atoms with Crippen molar-refractivity contribution in [2.75, 3.05) is 26.3 Å². The number of carbonyl (C=O) groups is 1. The van der Waals surface area contributed by atoms with Crippen LogP contribution in [0.1, 0.15) is 15.9 Å². The predicted molar refractivity (Wildman–Crippen MR) is 60.2 cm³/mol. The smallest absolute Gasteiger partial charge is 0.295 e. The molecule has 0 atom stereocenters. The predicted octanol–water partition coefficient (Wildman–Crippen LogP) is -0.445. The highest BCUT2D eigenvalue weighted by molar-refractivity contribution is 5.93. The van der Waals surface area contributed by atoms with Gasteiger partial charge in [0.2, 0.25) is 0 Å². The van der Waals surface area contributed by atoms with Gasteiger partial charge in [0.25, 0.3) is 5.91 Å². The summed E-state index contributed by atoms with van der Waals surface area (Å²) in [6, 6.07) is 7.62. The summed E-state index contributed by atoms with van der Waals surface area (Å²) in [5, 5.41) is 1.08. The van der Waals surface area contributed by atoms with Crippen LogP contribution in [0.25, 0.3) is 0 Å². The molecule has 1 aromatic rings. The van der Waals surface area contributed by atoms with Gasteiger partial charge in [-0.1, -0.05) is 17.7 Å². The third-order valence-electron chi connectivity index (χ3n) is 2.67. The fourth-order valence-electron chi connectivity index (χ4n) is 1.76. The largest absolute Gasteiger partial charge is 0.370 e. The standard InChI is InChI=1S/C12H16N2O2/c1-10-3-2-4-11(9-10)12(15)13-14-5-7-16-8-6-14/h2-4,9H,5-8H2,1H3,(H,13,15)/p+1. The minimum absolute atomic E-state index is 0.0133. The number of aryl methyl sites for hydroxylation is 1. The van der Waals surface area contributed by atoms with E-state index in [2.05, 4.69) is 5.43 Å². The normalized spacial score (nSPS) is 17.1. The van der Waals surface area contributed by atoms with Crippen LogP contribution in [0, 0.1) is 6.92 Å². The van der Waals surface area contributed by atoms with E-state index in [0.29, 0.717) is 13.2 Å². The van der Waals surface area contributed by atoms with Gasteiger partial charge in [0.15, 0.2) is 0 Å². The summed E-state index contributed by atoms with van der Waals surface area (Å²) in [5.41, 5.74) is 4.78. The van der Waals surface area contributed by atoms with Crippen molar-refractivity contribution < 1.29 is 14.5 Å². The summed E-state index contributed by atoms with van der Waals surface area (Å²) in [7, 11) is 0. The van der Waals surface area contributed by atoms with Crippen LogP contribution in [0.15, 0.2) is 24.3 Å². The van der Waals surface area contributed by atoms with Crippen LogP contribution in [0.3, 0.4) is 0 Å². The van der Waals surface area contributed by atoms with E-state index in [4.69, 9.17) is 4.74 Å². The Labute approximate surface area is 95.2 Å². The molecule has 1 saturated heterocycles. The van der Waals surface area contributed by atoms with Crippen molar-refractivity contribution in [3.8, 4) is 0 Å². The highest BCUT2D eigenvalue weighted by Crippen LogP contribution is 2.02. The van der Waals surface area contributed by atoms with Crippen molar-refractivity contribution >= 4 is 5.91 Å². The van der Waals surface area contributed by atoms with Crippen molar-refractivity contribution in [3.05, 3.63) is 35.4 Å². The first kappa shape index (κ1) is 11.1. The average molecular weight is 221 g/mol. The lowest BCUT2D eigenvalue weighted by molar-refractivity contribution is -0.942. The number of ether oxygens (including phenoxy) is 1. The Kier molecular flexibility index (Phi) is 3.54. The monoisotopic (exact) mass is 221 g/mol. The van der Waals surface area contributed by atoms with Gasteiger partial charge in [0, 0.05) is 5.56 Å². The van der Waals surface area contributed by atoms with E-state index >= 15 is 0 Å². The summed E-state index contributed by atoms with van der Waals surface area (Å²) in [6.45, 7) is 5.07. The first-order valence-corrected chi connectivity index (χ1v) is 5.56. The van der Waals surface area contributed by atoms with E-state index in [1.165, 1.54) is 0 Å². The number of rotatable bonds is 2. The second-order valence-electron chi connectivity index (χ2n) is 4.04. The number of morpholine rings is 1. The summed E-state index contributed by atoms with van der Waals surface area (Å²) in [4.78, 5) is 11.9. The van der Waals surface area contributed by atoms with Gasteiger partial charge in [-0.2, -0.15) is 5.43 Å². The molecule has 1 aliphatic rings. The Morgan fingerprint density at radius 2 is 2.12 bits per heavy atom. The van der Waals surface area contributed by atoms with E-state index in [9.17, 15) is 4.79 Å². The van der Waals surface area contributed by atoms with Gasteiger partial charge in [-0.05, 0) is 19.1 Å². The van der Waals surface area contributed by atoms with Crippen molar-refractivity contribution in [1.29, 1.82) is 0 Å². The number of benzene rings is 1. The third-order valence-corrected chi connectivity index (χ3v) is 2.67. The van der Waals surface area contributed by atoms with E-state index in [0.717, 1.165) is 29.2 Å². The van der Waals surface area contributed by atoms with Crippen LogP contribution < -0.4 is 10.4 Å². The molecule has 0 saturated carbocycles. The molecule has 0 radical (unpaired) electrons. The van der Waals surface area contributed by atoms with Crippen LogP contribution in [0.2, 0.25) is 0 Å². The average Bonchev–Trinajstić information content (AvgIpc) is 2.30. The molecule has 86 valence electrons. The number of hydrogen-bond acceptors (Lipinski definition) is 2. The van der Waals surface area contributed by atoms with Crippen LogP contribution in [0.4, 0.5) is 0 Å². The van der Waals surface area contributed by atoms with Crippen molar-refractivity contribution in [3.63, 3.8) is 0 Å². The number of hydrogen-bond donors (Lipinski definition) is 2. The minimum Gasteiger partial charge on any atom is -0.370 e. The lowest BCUT2D eigenvalue weighted by Gasteiger charge is -2.23.